The van der Waals surface area contributed by atoms with Gasteiger partial charge in [0.05, 0.1) is 24.3 Å². The molecular weight excluding hydrogens is 402 g/mol. The molecule has 0 aliphatic heterocycles. The molecule has 0 unspecified atom stereocenters. The maximum Gasteiger partial charge on any atom is 0.269 e. The van der Waals surface area contributed by atoms with Crippen LogP contribution in [0.4, 0.5) is 11.4 Å². The second-order valence-electron chi connectivity index (χ2n) is 6.40. The number of nitrogens with one attached hydrogen (secondary N) is 3. The van der Waals surface area contributed by atoms with Crippen molar-refractivity contribution in [2.45, 2.75) is 19.1 Å². The van der Waals surface area contributed by atoms with E-state index in [4.69, 9.17) is 11.8 Å². The Kier molecular flexibility index (Phi) is 6.28. The first-order valence-corrected chi connectivity index (χ1v) is 9.75. The summed E-state index contributed by atoms with van der Waals surface area (Å²) in [5.41, 5.74) is 6.39. The number of nitriles is 1. The van der Waals surface area contributed by atoms with Crippen LogP contribution in [0.15, 0.2) is 47.8 Å². The number of fused-ring (bicyclic) bond motifs is 1. The smallest absolute Gasteiger partial charge is 0.269 e. The molecule has 1 heterocycles. The number of hydrogen-bond acceptors (Lipinski definition) is 6. The zero-order valence-corrected chi connectivity index (χ0v) is 16.7. The van der Waals surface area contributed by atoms with E-state index in [0.717, 1.165) is 10.1 Å². The Bertz CT molecular complexity index is 1170. The van der Waals surface area contributed by atoms with E-state index in [0.29, 0.717) is 16.9 Å². The zero-order valence-electron chi connectivity index (χ0n) is 15.8. The van der Waals surface area contributed by atoms with Crippen molar-refractivity contribution in [3.05, 3.63) is 70.4 Å². The molecule has 0 spiro atoms. The molecule has 0 bridgehead atoms. The first-order valence-electron chi connectivity index (χ1n) is 8.87. The molecule has 8 nitrogen and oxygen atoms in total. The summed E-state index contributed by atoms with van der Waals surface area (Å²) < 4.78 is 0.786. The molecule has 0 aliphatic rings. The van der Waals surface area contributed by atoms with Crippen LogP contribution in [0.5, 0.6) is 0 Å². The molecule has 30 heavy (non-hydrogen) atoms. The van der Waals surface area contributed by atoms with Gasteiger partial charge in [-0.3, -0.25) is 20.4 Å². The summed E-state index contributed by atoms with van der Waals surface area (Å²) in [7, 11) is 0. The highest BCUT2D eigenvalue weighted by Gasteiger charge is 2.25. The Morgan fingerprint density at radius 1 is 1.17 bits per heavy atom. The largest absolute Gasteiger partial charge is 0.391 e. The molecule has 1 aromatic heterocycles. The summed E-state index contributed by atoms with van der Waals surface area (Å²) in [6.45, 7) is 8.71. The van der Waals surface area contributed by atoms with E-state index in [9.17, 15) is 14.7 Å². The van der Waals surface area contributed by atoms with Gasteiger partial charge in [-0.15, -0.1) is 0 Å². The van der Waals surface area contributed by atoms with Gasteiger partial charge in [0.1, 0.15) is 6.04 Å². The number of aliphatic hydroxyl groups is 1. The number of rotatable bonds is 5. The van der Waals surface area contributed by atoms with Crippen LogP contribution in [0.1, 0.15) is 22.8 Å². The van der Waals surface area contributed by atoms with E-state index in [1.807, 2.05) is 17.5 Å². The van der Waals surface area contributed by atoms with Crippen LogP contribution in [-0.2, 0) is 4.79 Å². The number of hydrogen-bond donors (Lipinski definition) is 4. The second-order valence-corrected chi connectivity index (χ2v) is 7.32. The van der Waals surface area contributed by atoms with E-state index in [2.05, 4.69) is 21.0 Å². The van der Waals surface area contributed by atoms with Crippen molar-refractivity contribution in [2.75, 3.05) is 5.32 Å². The average molecular weight is 419 g/mol. The topological polar surface area (TPSA) is 119 Å². The Labute approximate surface area is 176 Å². The van der Waals surface area contributed by atoms with Crippen LogP contribution in [0.2, 0.25) is 0 Å². The predicted octanol–water partition coefficient (Wildman–Crippen LogP) is 2.95. The summed E-state index contributed by atoms with van der Waals surface area (Å²) >= 11 is 1.42. The fourth-order valence-corrected chi connectivity index (χ4v) is 3.68. The highest BCUT2D eigenvalue weighted by molar-refractivity contribution is 7.18. The lowest BCUT2D eigenvalue weighted by Crippen LogP contribution is -2.52. The zero-order chi connectivity index (χ0) is 21.7. The standard InChI is InChI=1S/C21H17N5O3S/c1-12(27)18(24-16-7-8-17(23-2)19-15(16)9-10-30-19)21(29)26-25-20(28)14-5-3-13(11-22)4-6-14/h3-10,12,18,24,27H,1H3,(H,25,28)(H,26,29)/t12-,18-/m1/s1. The Morgan fingerprint density at radius 3 is 2.53 bits per heavy atom. The van der Waals surface area contributed by atoms with Crippen LogP contribution in [0.25, 0.3) is 14.9 Å². The van der Waals surface area contributed by atoms with Crippen molar-refractivity contribution in [1.29, 1.82) is 5.26 Å². The molecule has 3 aromatic rings. The van der Waals surface area contributed by atoms with E-state index >= 15 is 0 Å². The lowest BCUT2D eigenvalue weighted by molar-refractivity contribution is -0.124. The third kappa shape index (κ3) is 4.39. The molecule has 4 N–H and O–H groups in total. The fourth-order valence-electron chi connectivity index (χ4n) is 2.80. The number of aliphatic hydroxyl groups excluding tert-OH is 1. The van der Waals surface area contributed by atoms with Crippen molar-refractivity contribution in [3.63, 3.8) is 0 Å². The van der Waals surface area contributed by atoms with E-state index < -0.39 is 24.0 Å². The number of nitrogens with zero attached hydrogens (tertiary/aromatic N) is 2. The van der Waals surface area contributed by atoms with Gasteiger partial charge in [0.2, 0.25) is 5.69 Å². The first kappa shape index (κ1) is 20.8. The van der Waals surface area contributed by atoms with Gasteiger partial charge in [0.15, 0.2) is 0 Å². The van der Waals surface area contributed by atoms with Gasteiger partial charge in [-0.2, -0.15) is 16.6 Å². The van der Waals surface area contributed by atoms with Crippen LogP contribution < -0.4 is 16.2 Å². The molecule has 0 aliphatic carbocycles. The highest BCUT2D eigenvalue weighted by atomic mass is 32.1. The molecule has 2 atom stereocenters. The number of thiophene rings is 1. The maximum absolute atomic E-state index is 12.6. The number of carbonyl (C=O) groups is 2. The molecule has 9 heteroatoms. The van der Waals surface area contributed by atoms with Crippen LogP contribution >= 0.6 is 11.3 Å². The Morgan fingerprint density at radius 2 is 1.90 bits per heavy atom. The molecule has 0 fully saturated rings. The van der Waals surface area contributed by atoms with Gasteiger partial charge in [0.25, 0.3) is 11.8 Å². The lowest BCUT2D eigenvalue weighted by atomic mass is 10.1. The Balaban J connectivity index is 1.71. The first-order chi connectivity index (χ1) is 14.4. The van der Waals surface area contributed by atoms with Crippen molar-refractivity contribution in [3.8, 4) is 6.07 Å². The number of amides is 2. The van der Waals surface area contributed by atoms with Gasteiger partial charge in [-0.05, 0) is 48.7 Å². The number of hydrazine groups is 1. The summed E-state index contributed by atoms with van der Waals surface area (Å²) in [6, 6.07) is 12.0. The SMILES string of the molecule is [C-]#[N+]c1ccc(N[C@@H](C(=O)NNC(=O)c2ccc(C#N)cc2)[C@@H](C)O)c2ccsc12. The van der Waals surface area contributed by atoms with Crippen molar-refractivity contribution in [1.82, 2.24) is 10.9 Å². The molecule has 2 aromatic carbocycles. The van der Waals surface area contributed by atoms with E-state index in [1.165, 1.54) is 42.5 Å². The summed E-state index contributed by atoms with van der Waals surface area (Å²) in [6.07, 6.45) is -1.06. The number of benzene rings is 2. The van der Waals surface area contributed by atoms with Crippen LogP contribution in [0.3, 0.4) is 0 Å². The highest BCUT2D eigenvalue weighted by Crippen LogP contribution is 2.36. The maximum atomic E-state index is 12.6. The third-order valence-corrected chi connectivity index (χ3v) is 5.30. The normalized spacial score (nSPS) is 12.3. The lowest BCUT2D eigenvalue weighted by Gasteiger charge is -2.22. The van der Waals surface area contributed by atoms with E-state index in [-0.39, 0.29) is 5.56 Å². The molecule has 0 saturated carbocycles. The van der Waals surface area contributed by atoms with E-state index in [1.54, 1.807) is 12.1 Å². The molecular formula is C21H17N5O3S. The molecule has 3 rings (SSSR count). The van der Waals surface area contributed by atoms with Crippen molar-refractivity contribution >= 4 is 44.6 Å². The fraction of sp³-hybridized carbons (Fsp3) is 0.143. The summed E-state index contributed by atoms with van der Waals surface area (Å²) in [5.74, 6) is -1.19. The Hall–Kier alpha value is -3.92. The van der Waals surface area contributed by atoms with Gasteiger partial charge in [-0.1, -0.05) is 6.07 Å². The minimum absolute atomic E-state index is 0.269. The van der Waals surface area contributed by atoms with Crippen LogP contribution in [-0.4, -0.2) is 29.1 Å². The second kappa shape index (κ2) is 9.05. The summed E-state index contributed by atoms with van der Waals surface area (Å²) in [5, 5.41) is 24.5. The average Bonchev–Trinajstić information content (AvgIpc) is 3.25. The predicted molar refractivity (Wildman–Crippen MR) is 114 cm³/mol. The minimum Gasteiger partial charge on any atom is -0.391 e. The number of anilines is 1. The van der Waals surface area contributed by atoms with Gasteiger partial charge in [0, 0.05) is 21.3 Å². The van der Waals surface area contributed by atoms with Gasteiger partial charge in [-0.25, -0.2) is 4.85 Å². The quantitative estimate of drug-likeness (QED) is 0.375. The summed E-state index contributed by atoms with van der Waals surface area (Å²) in [4.78, 5) is 28.3. The monoisotopic (exact) mass is 419 g/mol. The van der Waals surface area contributed by atoms with Crippen molar-refractivity contribution in [2.24, 2.45) is 0 Å². The van der Waals surface area contributed by atoms with Gasteiger partial charge >= 0.3 is 0 Å². The third-order valence-electron chi connectivity index (χ3n) is 4.37. The molecule has 0 saturated heterocycles. The number of carbonyl (C=O) groups excluding carboxylic acids is 2. The van der Waals surface area contributed by atoms with Crippen molar-refractivity contribution < 1.29 is 14.7 Å². The van der Waals surface area contributed by atoms with Gasteiger partial charge < -0.3 is 10.4 Å². The molecule has 150 valence electrons. The minimum atomic E-state index is -1.06. The molecule has 2 amide bonds. The molecule has 0 radical (unpaired) electrons. The van der Waals surface area contributed by atoms with Crippen LogP contribution in [0, 0.1) is 17.9 Å².